The van der Waals surface area contributed by atoms with Crippen molar-refractivity contribution >= 4 is 17.4 Å². The van der Waals surface area contributed by atoms with E-state index in [0.717, 1.165) is 19.9 Å². The molecule has 0 unspecified atom stereocenters. The average molecular weight is 346 g/mol. The van der Waals surface area contributed by atoms with Gasteiger partial charge in [0.2, 0.25) is 5.91 Å². The predicted octanol–water partition coefficient (Wildman–Crippen LogP) is 1.49. The smallest absolute Gasteiger partial charge is 0.300 e. The van der Waals surface area contributed by atoms with Crippen molar-refractivity contribution in [2.45, 2.75) is 38.3 Å². The first-order chi connectivity index (χ1) is 11.9. The number of amides is 1. The van der Waals surface area contributed by atoms with Gasteiger partial charge in [-0.05, 0) is 30.4 Å². The highest BCUT2D eigenvalue weighted by molar-refractivity contribution is 5.81. The van der Waals surface area contributed by atoms with Crippen LogP contribution in [-0.4, -0.2) is 52.2 Å². The van der Waals surface area contributed by atoms with Crippen LogP contribution >= 0.6 is 0 Å². The number of carbonyl (C=O) groups is 2. The molecule has 1 heterocycles. The highest BCUT2D eigenvalue weighted by Gasteiger charge is 2.36. The fourth-order valence-electron chi connectivity index (χ4n) is 3.29. The lowest BCUT2D eigenvalue weighted by Crippen LogP contribution is -2.38. The molecule has 1 aromatic rings. The normalized spacial score (nSPS) is 25.6. The van der Waals surface area contributed by atoms with Crippen LogP contribution in [0.15, 0.2) is 36.4 Å². The molecule has 3 rings (SSSR count). The van der Waals surface area contributed by atoms with Gasteiger partial charge >= 0.3 is 0 Å². The van der Waals surface area contributed by atoms with E-state index in [1.165, 1.54) is 11.1 Å². The van der Waals surface area contributed by atoms with Gasteiger partial charge < -0.3 is 20.8 Å². The Bertz CT molecular complexity index is 616. The van der Waals surface area contributed by atoms with E-state index >= 15 is 0 Å². The lowest BCUT2D eigenvalue weighted by molar-refractivity contribution is -0.135. The molecule has 1 amide bonds. The Morgan fingerprint density at radius 1 is 1.20 bits per heavy atom. The van der Waals surface area contributed by atoms with Gasteiger partial charge in [-0.1, -0.05) is 36.4 Å². The van der Waals surface area contributed by atoms with E-state index in [1.54, 1.807) is 0 Å². The van der Waals surface area contributed by atoms with Crippen molar-refractivity contribution in [3.05, 3.63) is 42.0 Å². The second kappa shape index (κ2) is 8.78. The molecule has 0 aromatic heterocycles. The molecule has 2 aliphatic rings. The van der Waals surface area contributed by atoms with Crippen molar-refractivity contribution in [2.75, 3.05) is 13.1 Å². The lowest BCUT2D eigenvalue weighted by atomic mass is 9.98. The van der Waals surface area contributed by atoms with Gasteiger partial charge in [0, 0.05) is 32.0 Å². The lowest BCUT2D eigenvalue weighted by Gasteiger charge is -2.29. The molecule has 0 radical (unpaired) electrons. The molecule has 1 aromatic carbocycles. The standard InChI is InChI=1S/C17H22N2O2.C2H4O2/c18-15-10-14(11-16(15)20)17(21)19-8-6-13(7-9-19)12-4-2-1-3-5-12;1-2(3)4/h1-6,14-16,20H,7-11,18H2;1H3,(H,3,4)/t14-,15-,16-;/m0./s1. The summed E-state index contributed by atoms with van der Waals surface area (Å²) in [6, 6.07) is 10.0. The van der Waals surface area contributed by atoms with Gasteiger partial charge in [-0.3, -0.25) is 9.59 Å². The summed E-state index contributed by atoms with van der Waals surface area (Å²) in [5.41, 5.74) is 8.35. The molecule has 25 heavy (non-hydrogen) atoms. The number of nitrogens with two attached hydrogens (primary N) is 1. The third-order valence-electron chi connectivity index (χ3n) is 4.59. The van der Waals surface area contributed by atoms with Gasteiger partial charge in [-0.15, -0.1) is 0 Å². The van der Waals surface area contributed by atoms with E-state index in [4.69, 9.17) is 15.6 Å². The summed E-state index contributed by atoms with van der Waals surface area (Å²) in [5.74, 6) is -0.799. The summed E-state index contributed by atoms with van der Waals surface area (Å²) in [5, 5.41) is 17.1. The zero-order valence-electron chi connectivity index (χ0n) is 14.5. The molecule has 6 nitrogen and oxygen atoms in total. The first kappa shape index (κ1) is 19.1. The molecule has 136 valence electrons. The molecule has 0 spiro atoms. The Hall–Kier alpha value is -2.18. The second-order valence-corrected chi connectivity index (χ2v) is 6.55. The summed E-state index contributed by atoms with van der Waals surface area (Å²) < 4.78 is 0. The van der Waals surface area contributed by atoms with Crippen molar-refractivity contribution in [3.8, 4) is 0 Å². The Kier molecular flexibility index (Phi) is 6.73. The van der Waals surface area contributed by atoms with E-state index < -0.39 is 12.1 Å². The summed E-state index contributed by atoms with van der Waals surface area (Å²) in [6.45, 7) is 2.49. The van der Waals surface area contributed by atoms with Crippen LogP contribution in [0.1, 0.15) is 31.7 Å². The van der Waals surface area contributed by atoms with Crippen LogP contribution in [0.4, 0.5) is 0 Å². The van der Waals surface area contributed by atoms with Crippen LogP contribution in [0.25, 0.3) is 5.57 Å². The first-order valence-electron chi connectivity index (χ1n) is 8.55. The summed E-state index contributed by atoms with van der Waals surface area (Å²) >= 11 is 0. The van der Waals surface area contributed by atoms with Crippen molar-refractivity contribution in [1.29, 1.82) is 0 Å². The Labute approximate surface area is 147 Å². The molecule has 3 atom stereocenters. The fourth-order valence-corrected chi connectivity index (χ4v) is 3.29. The second-order valence-electron chi connectivity index (χ2n) is 6.55. The zero-order chi connectivity index (χ0) is 18.4. The molecule has 6 heteroatoms. The van der Waals surface area contributed by atoms with Gasteiger partial charge in [0.15, 0.2) is 0 Å². The Morgan fingerprint density at radius 3 is 2.32 bits per heavy atom. The Balaban J connectivity index is 0.000000511. The maximum absolute atomic E-state index is 12.5. The van der Waals surface area contributed by atoms with Crippen LogP contribution in [0.5, 0.6) is 0 Å². The SMILES string of the molecule is CC(=O)O.N[C@H]1C[C@H](C(=O)N2CC=C(c3ccccc3)CC2)C[C@@H]1O. The molecule has 1 aliphatic heterocycles. The number of rotatable bonds is 2. The van der Waals surface area contributed by atoms with Gasteiger partial charge in [0.05, 0.1) is 6.10 Å². The Morgan fingerprint density at radius 2 is 1.84 bits per heavy atom. The number of hydrogen-bond acceptors (Lipinski definition) is 4. The third-order valence-corrected chi connectivity index (χ3v) is 4.59. The largest absolute Gasteiger partial charge is 0.481 e. The molecular weight excluding hydrogens is 320 g/mol. The summed E-state index contributed by atoms with van der Waals surface area (Å²) in [6.07, 6.45) is 3.61. The van der Waals surface area contributed by atoms with E-state index in [0.29, 0.717) is 19.4 Å². The number of aliphatic hydroxyl groups is 1. The van der Waals surface area contributed by atoms with Crippen LogP contribution in [-0.2, 0) is 9.59 Å². The fraction of sp³-hybridized carbons (Fsp3) is 0.474. The quantitative estimate of drug-likeness (QED) is 0.753. The summed E-state index contributed by atoms with van der Waals surface area (Å²) in [7, 11) is 0. The number of carbonyl (C=O) groups excluding carboxylic acids is 1. The maximum atomic E-state index is 12.5. The van der Waals surface area contributed by atoms with Crippen LogP contribution in [0.2, 0.25) is 0 Å². The van der Waals surface area contributed by atoms with Crippen LogP contribution in [0, 0.1) is 5.92 Å². The van der Waals surface area contributed by atoms with Gasteiger partial charge in [-0.25, -0.2) is 0 Å². The van der Waals surface area contributed by atoms with Gasteiger partial charge in [-0.2, -0.15) is 0 Å². The molecule has 0 bridgehead atoms. The number of benzene rings is 1. The minimum Gasteiger partial charge on any atom is -0.481 e. The molecular formula is C19H26N2O4. The van der Waals surface area contributed by atoms with Crippen molar-refractivity contribution in [3.63, 3.8) is 0 Å². The van der Waals surface area contributed by atoms with Crippen LogP contribution in [0.3, 0.4) is 0 Å². The van der Waals surface area contributed by atoms with Crippen LogP contribution < -0.4 is 5.73 Å². The van der Waals surface area contributed by atoms with E-state index in [2.05, 4.69) is 18.2 Å². The topological polar surface area (TPSA) is 104 Å². The van der Waals surface area contributed by atoms with Gasteiger partial charge in [0.1, 0.15) is 0 Å². The van der Waals surface area contributed by atoms with Crippen molar-refractivity contribution in [1.82, 2.24) is 4.90 Å². The highest BCUT2D eigenvalue weighted by Crippen LogP contribution is 2.29. The predicted molar refractivity (Wildman–Crippen MR) is 95.6 cm³/mol. The number of nitrogens with zero attached hydrogens (tertiary/aromatic N) is 1. The number of aliphatic carboxylic acids is 1. The minimum atomic E-state index is -0.833. The highest BCUT2D eigenvalue weighted by atomic mass is 16.4. The van der Waals surface area contributed by atoms with Gasteiger partial charge in [0.25, 0.3) is 5.97 Å². The molecule has 4 N–H and O–H groups in total. The number of hydrogen-bond donors (Lipinski definition) is 3. The third kappa shape index (κ3) is 5.41. The van der Waals surface area contributed by atoms with Crippen molar-refractivity contribution in [2.24, 2.45) is 11.7 Å². The molecule has 1 aliphatic carbocycles. The zero-order valence-corrected chi connectivity index (χ0v) is 14.5. The first-order valence-corrected chi connectivity index (χ1v) is 8.55. The molecule has 1 saturated carbocycles. The molecule has 0 saturated heterocycles. The number of carboxylic acid groups (broad SMARTS) is 1. The summed E-state index contributed by atoms with van der Waals surface area (Å²) in [4.78, 5) is 23.4. The minimum absolute atomic E-state index is 0.110. The monoisotopic (exact) mass is 346 g/mol. The average Bonchev–Trinajstić information content (AvgIpc) is 2.94. The van der Waals surface area contributed by atoms with Crippen molar-refractivity contribution < 1.29 is 19.8 Å². The van der Waals surface area contributed by atoms with E-state index in [-0.39, 0.29) is 17.9 Å². The molecule has 1 fully saturated rings. The number of carboxylic acids is 1. The van der Waals surface area contributed by atoms with E-state index in [1.807, 2.05) is 23.1 Å². The van der Waals surface area contributed by atoms with E-state index in [9.17, 15) is 9.90 Å². The maximum Gasteiger partial charge on any atom is 0.300 e. The number of aliphatic hydroxyl groups excluding tert-OH is 1.